The molecule has 21 heavy (non-hydrogen) atoms. The van der Waals surface area contributed by atoms with Gasteiger partial charge in [-0.15, -0.1) is 0 Å². The lowest BCUT2D eigenvalue weighted by Crippen LogP contribution is -2.36. The summed E-state index contributed by atoms with van der Waals surface area (Å²) >= 11 is 0. The number of para-hydroxylation sites is 1. The van der Waals surface area contributed by atoms with Crippen LogP contribution in [-0.4, -0.2) is 25.2 Å². The Hall–Kier alpha value is -1.71. The molecule has 0 aromatic heterocycles. The van der Waals surface area contributed by atoms with Crippen LogP contribution in [0, 0.1) is 0 Å². The van der Waals surface area contributed by atoms with Crippen molar-refractivity contribution in [3.63, 3.8) is 0 Å². The third-order valence-electron chi connectivity index (χ3n) is 4.20. The first-order valence-electron chi connectivity index (χ1n) is 8.01. The Kier molecular flexibility index (Phi) is 5.48. The van der Waals surface area contributed by atoms with E-state index in [0.717, 1.165) is 31.5 Å². The molecular weight excluding hydrogens is 264 g/mol. The van der Waals surface area contributed by atoms with Crippen molar-refractivity contribution in [2.24, 2.45) is 0 Å². The SMILES string of the molecule is CCOC(=O)c1cccc(N)c1N1CCCCCC1CC. The Bertz CT molecular complexity index is 488. The average Bonchev–Trinajstić information content (AvgIpc) is 2.72. The minimum absolute atomic E-state index is 0.279. The van der Waals surface area contributed by atoms with Crippen LogP contribution in [-0.2, 0) is 4.74 Å². The number of anilines is 2. The fourth-order valence-electron chi connectivity index (χ4n) is 3.15. The highest BCUT2D eigenvalue weighted by atomic mass is 16.5. The molecule has 2 N–H and O–H groups in total. The fraction of sp³-hybridized carbons (Fsp3) is 0.588. The Morgan fingerprint density at radius 1 is 1.33 bits per heavy atom. The fourth-order valence-corrected chi connectivity index (χ4v) is 3.15. The van der Waals surface area contributed by atoms with Crippen LogP contribution in [0.25, 0.3) is 0 Å². The first-order chi connectivity index (χ1) is 10.2. The van der Waals surface area contributed by atoms with Gasteiger partial charge in [0.05, 0.1) is 23.5 Å². The van der Waals surface area contributed by atoms with Crippen LogP contribution < -0.4 is 10.6 Å². The minimum atomic E-state index is -0.279. The van der Waals surface area contributed by atoms with Crippen molar-refractivity contribution in [3.05, 3.63) is 23.8 Å². The molecule has 1 aliphatic heterocycles. The highest BCUT2D eigenvalue weighted by Gasteiger charge is 2.26. The monoisotopic (exact) mass is 290 g/mol. The van der Waals surface area contributed by atoms with Crippen molar-refractivity contribution in [1.29, 1.82) is 0 Å². The van der Waals surface area contributed by atoms with Gasteiger partial charge in [-0.3, -0.25) is 0 Å². The molecule has 0 amide bonds. The van der Waals surface area contributed by atoms with E-state index in [2.05, 4.69) is 11.8 Å². The first kappa shape index (κ1) is 15.7. The predicted molar refractivity (Wildman–Crippen MR) is 86.7 cm³/mol. The maximum absolute atomic E-state index is 12.2. The molecule has 1 atom stereocenters. The molecule has 1 unspecified atom stereocenters. The minimum Gasteiger partial charge on any atom is -0.462 e. The lowest BCUT2D eigenvalue weighted by atomic mass is 10.0. The molecule has 1 saturated heterocycles. The number of ether oxygens (including phenoxy) is 1. The second-order valence-corrected chi connectivity index (χ2v) is 5.57. The van der Waals surface area contributed by atoms with Gasteiger partial charge in [0.1, 0.15) is 0 Å². The van der Waals surface area contributed by atoms with E-state index in [1.54, 1.807) is 0 Å². The molecule has 0 bridgehead atoms. The van der Waals surface area contributed by atoms with Gasteiger partial charge in [0.2, 0.25) is 0 Å². The third-order valence-corrected chi connectivity index (χ3v) is 4.20. The maximum atomic E-state index is 12.2. The molecule has 0 spiro atoms. The quantitative estimate of drug-likeness (QED) is 0.680. The number of benzene rings is 1. The summed E-state index contributed by atoms with van der Waals surface area (Å²) in [5.41, 5.74) is 8.33. The van der Waals surface area contributed by atoms with Crippen LogP contribution in [0.4, 0.5) is 11.4 Å². The second-order valence-electron chi connectivity index (χ2n) is 5.57. The Labute approximate surface area is 127 Å². The highest BCUT2D eigenvalue weighted by Crippen LogP contribution is 2.34. The van der Waals surface area contributed by atoms with E-state index in [4.69, 9.17) is 10.5 Å². The van der Waals surface area contributed by atoms with Crippen molar-refractivity contribution in [2.75, 3.05) is 23.8 Å². The van der Waals surface area contributed by atoms with Gasteiger partial charge in [-0.2, -0.15) is 0 Å². The van der Waals surface area contributed by atoms with Crippen LogP contribution in [0.2, 0.25) is 0 Å². The number of carbonyl (C=O) groups excluding carboxylic acids is 1. The summed E-state index contributed by atoms with van der Waals surface area (Å²) in [4.78, 5) is 14.6. The van der Waals surface area contributed by atoms with Gasteiger partial charge >= 0.3 is 5.97 Å². The zero-order valence-electron chi connectivity index (χ0n) is 13.1. The number of hydrogen-bond donors (Lipinski definition) is 1. The van der Waals surface area contributed by atoms with E-state index in [0.29, 0.717) is 23.9 Å². The van der Waals surface area contributed by atoms with Crippen LogP contribution in [0.5, 0.6) is 0 Å². The Morgan fingerprint density at radius 2 is 2.14 bits per heavy atom. The van der Waals surface area contributed by atoms with Gasteiger partial charge in [0.25, 0.3) is 0 Å². The molecule has 4 heteroatoms. The van der Waals surface area contributed by atoms with E-state index in [-0.39, 0.29) is 5.97 Å². The normalized spacial score (nSPS) is 19.1. The smallest absolute Gasteiger partial charge is 0.340 e. The highest BCUT2D eigenvalue weighted by molar-refractivity contribution is 5.99. The molecular formula is C17H26N2O2. The predicted octanol–water partition coefficient (Wildman–Crippen LogP) is 3.60. The first-order valence-corrected chi connectivity index (χ1v) is 8.01. The summed E-state index contributed by atoms with van der Waals surface area (Å²) in [6.07, 6.45) is 5.86. The number of carbonyl (C=O) groups is 1. The number of esters is 1. The van der Waals surface area contributed by atoms with E-state index >= 15 is 0 Å². The van der Waals surface area contributed by atoms with Crippen LogP contribution in [0.15, 0.2) is 18.2 Å². The van der Waals surface area contributed by atoms with Crippen molar-refractivity contribution >= 4 is 17.3 Å². The van der Waals surface area contributed by atoms with E-state index < -0.39 is 0 Å². The number of nitrogens with zero attached hydrogens (tertiary/aromatic N) is 1. The van der Waals surface area contributed by atoms with Gasteiger partial charge in [-0.1, -0.05) is 25.8 Å². The lowest BCUT2D eigenvalue weighted by Gasteiger charge is -2.33. The molecule has 1 heterocycles. The van der Waals surface area contributed by atoms with Gasteiger partial charge < -0.3 is 15.4 Å². The molecule has 116 valence electrons. The van der Waals surface area contributed by atoms with Crippen molar-refractivity contribution in [2.45, 2.75) is 52.0 Å². The standard InChI is InChI=1S/C17H26N2O2/c1-3-13-9-6-5-7-12-19(13)16-14(17(20)21-4-2)10-8-11-15(16)18/h8,10-11,13H,3-7,9,12,18H2,1-2H3. The second kappa shape index (κ2) is 7.34. The van der Waals surface area contributed by atoms with Crippen LogP contribution in [0.3, 0.4) is 0 Å². The van der Waals surface area contributed by atoms with Crippen molar-refractivity contribution in [1.82, 2.24) is 0 Å². The Balaban J connectivity index is 2.42. The van der Waals surface area contributed by atoms with Gasteiger partial charge in [-0.05, 0) is 38.3 Å². The summed E-state index contributed by atoms with van der Waals surface area (Å²) in [7, 11) is 0. The molecule has 4 nitrogen and oxygen atoms in total. The van der Waals surface area contributed by atoms with E-state index in [1.807, 2.05) is 25.1 Å². The zero-order valence-corrected chi connectivity index (χ0v) is 13.1. The number of nitrogen functional groups attached to an aromatic ring is 1. The summed E-state index contributed by atoms with van der Waals surface area (Å²) in [6.45, 7) is 5.36. The summed E-state index contributed by atoms with van der Waals surface area (Å²) in [6, 6.07) is 5.96. The molecule has 0 aliphatic carbocycles. The molecule has 1 fully saturated rings. The zero-order chi connectivity index (χ0) is 15.2. The van der Waals surface area contributed by atoms with Gasteiger partial charge in [-0.25, -0.2) is 4.79 Å². The summed E-state index contributed by atoms with van der Waals surface area (Å²) in [5, 5.41) is 0. The summed E-state index contributed by atoms with van der Waals surface area (Å²) < 4.78 is 5.19. The van der Waals surface area contributed by atoms with Gasteiger partial charge in [0.15, 0.2) is 0 Å². The Morgan fingerprint density at radius 3 is 2.86 bits per heavy atom. The maximum Gasteiger partial charge on any atom is 0.340 e. The molecule has 1 aliphatic rings. The van der Waals surface area contributed by atoms with Crippen molar-refractivity contribution in [3.8, 4) is 0 Å². The molecule has 0 saturated carbocycles. The molecule has 2 rings (SSSR count). The number of nitrogens with two attached hydrogens (primary N) is 1. The molecule has 1 aromatic carbocycles. The molecule has 0 radical (unpaired) electrons. The average molecular weight is 290 g/mol. The number of rotatable bonds is 4. The van der Waals surface area contributed by atoms with Crippen LogP contribution >= 0.6 is 0 Å². The van der Waals surface area contributed by atoms with Crippen LogP contribution in [0.1, 0.15) is 56.3 Å². The van der Waals surface area contributed by atoms with Gasteiger partial charge in [0, 0.05) is 12.6 Å². The van der Waals surface area contributed by atoms with Crippen molar-refractivity contribution < 1.29 is 9.53 Å². The third kappa shape index (κ3) is 3.49. The molecule has 1 aromatic rings. The summed E-state index contributed by atoms with van der Waals surface area (Å²) in [5.74, 6) is -0.279. The van der Waals surface area contributed by atoms with E-state index in [9.17, 15) is 4.79 Å². The van der Waals surface area contributed by atoms with E-state index in [1.165, 1.54) is 12.8 Å². The number of hydrogen-bond acceptors (Lipinski definition) is 4. The lowest BCUT2D eigenvalue weighted by molar-refractivity contribution is 0.0527. The topological polar surface area (TPSA) is 55.6 Å². The largest absolute Gasteiger partial charge is 0.462 e.